The molecule has 6 heteroatoms. The minimum Gasteiger partial charge on any atom is -0.279 e. The maximum absolute atomic E-state index is 12.8. The molecule has 1 N–H and O–H groups in total. The molecular formula is C14H10F3IN2. The standard InChI is InChI=1S/C14H10F3IN2/c15-14(16,17)12-8-4-5-10(13(12)18)9-19-20-11-6-2-1-3-7-11/h1-9,20H. The van der Waals surface area contributed by atoms with Crippen LogP contribution in [0.15, 0.2) is 53.6 Å². The van der Waals surface area contributed by atoms with Crippen LogP contribution in [0.1, 0.15) is 11.1 Å². The number of anilines is 1. The summed E-state index contributed by atoms with van der Waals surface area (Å²) in [4.78, 5) is 0. The number of halogens is 4. The number of alkyl halides is 3. The Bertz CT molecular complexity index is 610. The Balaban J connectivity index is 2.18. The Hall–Kier alpha value is -1.57. The third-order valence-electron chi connectivity index (χ3n) is 2.51. The zero-order chi connectivity index (χ0) is 14.6. The van der Waals surface area contributed by atoms with Crippen LogP contribution in [0.25, 0.3) is 0 Å². The first kappa shape index (κ1) is 14.8. The molecule has 0 radical (unpaired) electrons. The summed E-state index contributed by atoms with van der Waals surface area (Å²) in [6.07, 6.45) is -2.97. The van der Waals surface area contributed by atoms with Crippen molar-refractivity contribution >= 4 is 34.5 Å². The molecule has 2 aromatic carbocycles. The van der Waals surface area contributed by atoms with Crippen LogP contribution in [-0.2, 0) is 6.18 Å². The minimum absolute atomic E-state index is 0.135. The van der Waals surface area contributed by atoms with Gasteiger partial charge in [0.1, 0.15) is 0 Å². The fraction of sp³-hybridized carbons (Fsp3) is 0.0714. The first-order valence-electron chi connectivity index (χ1n) is 5.68. The van der Waals surface area contributed by atoms with E-state index in [0.717, 1.165) is 11.8 Å². The number of benzene rings is 2. The fourth-order valence-electron chi connectivity index (χ4n) is 1.56. The molecule has 0 atom stereocenters. The van der Waals surface area contributed by atoms with E-state index in [1.165, 1.54) is 12.3 Å². The van der Waals surface area contributed by atoms with Gasteiger partial charge in [0, 0.05) is 9.13 Å². The predicted molar refractivity (Wildman–Crippen MR) is 81.8 cm³/mol. The second-order valence-electron chi connectivity index (χ2n) is 3.94. The summed E-state index contributed by atoms with van der Waals surface area (Å²) in [5.41, 5.74) is 3.30. The van der Waals surface area contributed by atoms with Crippen molar-refractivity contribution in [2.45, 2.75) is 6.18 Å². The highest BCUT2D eigenvalue weighted by atomic mass is 127. The Morgan fingerprint density at radius 2 is 1.70 bits per heavy atom. The van der Waals surface area contributed by atoms with Gasteiger partial charge in [0.05, 0.1) is 17.5 Å². The molecule has 0 fully saturated rings. The Morgan fingerprint density at radius 3 is 2.35 bits per heavy atom. The van der Waals surface area contributed by atoms with Crippen LogP contribution in [0, 0.1) is 3.57 Å². The molecule has 0 aliphatic rings. The average molecular weight is 390 g/mol. The van der Waals surface area contributed by atoms with E-state index in [1.807, 2.05) is 30.3 Å². The summed E-state index contributed by atoms with van der Waals surface area (Å²) in [5, 5.41) is 3.95. The van der Waals surface area contributed by atoms with Gasteiger partial charge >= 0.3 is 6.18 Å². The Kier molecular flexibility index (Phi) is 4.64. The summed E-state index contributed by atoms with van der Waals surface area (Å²) in [6, 6.07) is 13.2. The normalized spacial score (nSPS) is 11.8. The maximum Gasteiger partial charge on any atom is 0.417 e. The second-order valence-corrected chi connectivity index (χ2v) is 5.02. The fourth-order valence-corrected chi connectivity index (χ4v) is 2.36. The molecule has 0 bridgehead atoms. The number of para-hydroxylation sites is 1. The number of hydrogen-bond donors (Lipinski definition) is 1. The Labute approximate surface area is 127 Å². The van der Waals surface area contributed by atoms with Crippen LogP contribution >= 0.6 is 22.6 Å². The smallest absolute Gasteiger partial charge is 0.279 e. The lowest BCUT2D eigenvalue weighted by Gasteiger charge is -2.10. The number of hydrogen-bond acceptors (Lipinski definition) is 2. The van der Waals surface area contributed by atoms with Crippen LogP contribution < -0.4 is 5.43 Å². The van der Waals surface area contributed by atoms with Gasteiger partial charge in [0.2, 0.25) is 0 Å². The quantitative estimate of drug-likeness (QED) is 0.457. The van der Waals surface area contributed by atoms with E-state index < -0.39 is 11.7 Å². The number of nitrogens with one attached hydrogen (secondary N) is 1. The summed E-state index contributed by atoms with van der Waals surface area (Å²) >= 11 is 1.68. The predicted octanol–water partition coefficient (Wildman–Crippen LogP) is 4.76. The molecule has 2 rings (SSSR count). The maximum atomic E-state index is 12.8. The molecule has 0 saturated carbocycles. The third kappa shape index (κ3) is 3.72. The summed E-state index contributed by atoms with van der Waals surface area (Å²) in [7, 11) is 0. The van der Waals surface area contributed by atoms with Gasteiger partial charge in [0.15, 0.2) is 0 Å². The monoisotopic (exact) mass is 390 g/mol. The van der Waals surface area contributed by atoms with Gasteiger partial charge in [-0.25, -0.2) is 0 Å². The van der Waals surface area contributed by atoms with Crippen molar-refractivity contribution in [1.29, 1.82) is 0 Å². The second kappa shape index (κ2) is 6.25. The summed E-state index contributed by atoms with van der Waals surface area (Å²) in [6.45, 7) is 0. The molecule has 0 aromatic heterocycles. The van der Waals surface area contributed by atoms with Crippen molar-refractivity contribution in [3.05, 3.63) is 63.2 Å². The molecule has 0 spiro atoms. The molecule has 0 aliphatic carbocycles. The van der Waals surface area contributed by atoms with Gasteiger partial charge in [-0.2, -0.15) is 18.3 Å². The molecule has 0 unspecified atom stereocenters. The lowest BCUT2D eigenvalue weighted by molar-refractivity contribution is -0.138. The molecule has 0 saturated heterocycles. The largest absolute Gasteiger partial charge is 0.417 e. The average Bonchev–Trinajstić information content (AvgIpc) is 2.40. The van der Waals surface area contributed by atoms with Crippen molar-refractivity contribution < 1.29 is 13.2 Å². The highest BCUT2D eigenvalue weighted by Crippen LogP contribution is 2.33. The van der Waals surface area contributed by atoms with Crippen molar-refractivity contribution in [1.82, 2.24) is 0 Å². The molecule has 104 valence electrons. The van der Waals surface area contributed by atoms with Crippen molar-refractivity contribution in [2.75, 3.05) is 5.43 Å². The van der Waals surface area contributed by atoms with Gasteiger partial charge in [0.25, 0.3) is 0 Å². The molecule has 0 amide bonds. The number of hydrazone groups is 1. The van der Waals surface area contributed by atoms with E-state index in [-0.39, 0.29) is 3.57 Å². The first-order chi connectivity index (χ1) is 9.48. The highest BCUT2D eigenvalue weighted by Gasteiger charge is 2.33. The van der Waals surface area contributed by atoms with E-state index in [9.17, 15) is 13.2 Å². The van der Waals surface area contributed by atoms with E-state index in [4.69, 9.17) is 0 Å². The van der Waals surface area contributed by atoms with Gasteiger partial charge in [-0.15, -0.1) is 0 Å². The topological polar surface area (TPSA) is 24.4 Å². The SMILES string of the molecule is FC(F)(F)c1cccc(C=NNc2ccccc2)c1I. The zero-order valence-electron chi connectivity index (χ0n) is 10.2. The van der Waals surface area contributed by atoms with Gasteiger partial charge < -0.3 is 0 Å². The van der Waals surface area contributed by atoms with Crippen LogP contribution in [0.3, 0.4) is 0 Å². The highest BCUT2D eigenvalue weighted by molar-refractivity contribution is 14.1. The van der Waals surface area contributed by atoms with Crippen LogP contribution in [0.4, 0.5) is 18.9 Å². The van der Waals surface area contributed by atoms with Gasteiger partial charge in [-0.1, -0.05) is 30.3 Å². The number of rotatable bonds is 3. The summed E-state index contributed by atoms with van der Waals surface area (Å²) < 4.78 is 38.4. The Morgan fingerprint density at radius 1 is 1.00 bits per heavy atom. The molecule has 2 nitrogen and oxygen atoms in total. The van der Waals surface area contributed by atoms with Crippen molar-refractivity contribution in [3.63, 3.8) is 0 Å². The lowest BCUT2D eigenvalue weighted by atomic mass is 10.1. The van der Waals surface area contributed by atoms with Crippen LogP contribution in [0.5, 0.6) is 0 Å². The van der Waals surface area contributed by atoms with Gasteiger partial charge in [-0.05, 0) is 40.8 Å². The van der Waals surface area contributed by atoms with E-state index in [1.54, 1.807) is 28.7 Å². The zero-order valence-corrected chi connectivity index (χ0v) is 12.3. The molecule has 0 aliphatic heterocycles. The van der Waals surface area contributed by atoms with Crippen LogP contribution in [0.2, 0.25) is 0 Å². The minimum atomic E-state index is -4.35. The van der Waals surface area contributed by atoms with E-state index in [0.29, 0.717) is 5.56 Å². The lowest BCUT2D eigenvalue weighted by Crippen LogP contribution is -2.09. The third-order valence-corrected chi connectivity index (χ3v) is 3.71. The number of nitrogens with zero attached hydrogens (tertiary/aromatic N) is 1. The summed E-state index contributed by atoms with van der Waals surface area (Å²) in [5.74, 6) is 0. The van der Waals surface area contributed by atoms with E-state index in [2.05, 4.69) is 10.5 Å². The van der Waals surface area contributed by atoms with Crippen molar-refractivity contribution in [2.24, 2.45) is 5.10 Å². The molecule has 2 aromatic rings. The van der Waals surface area contributed by atoms with E-state index >= 15 is 0 Å². The molecule has 20 heavy (non-hydrogen) atoms. The molecule has 0 heterocycles. The van der Waals surface area contributed by atoms with Crippen molar-refractivity contribution in [3.8, 4) is 0 Å². The molecular weight excluding hydrogens is 380 g/mol. The van der Waals surface area contributed by atoms with Crippen LogP contribution in [-0.4, -0.2) is 6.21 Å². The first-order valence-corrected chi connectivity index (χ1v) is 6.76. The van der Waals surface area contributed by atoms with Gasteiger partial charge in [-0.3, -0.25) is 5.43 Å².